The second-order valence-corrected chi connectivity index (χ2v) is 1.33. The van der Waals surface area contributed by atoms with Crippen LogP contribution in [-0.2, 0) is 9.08 Å². The molecule has 6 heteroatoms. The van der Waals surface area contributed by atoms with Gasteiger partial charge in [-0.1, -0.05) is 0 Å². The molecule has 0 fully saturated rings. The summed E-state index contributed by atoms with van der Waals surface area (Å²) in [7, 11) is 0. The summed E-state index contributed by atoms with van der Waals surface area (Å²) >= 11 is 4.59. The standard InChI is InChI=1S/C3H5ClO4.Na/c4-8-1-2(5)3(6)7;/h2,5H,1H2,(H,6,7);/q;+1/p-1. The monoisotopic (exact) mass is 162 g/mol. The number of aliphatic carboxylic acids is 1. The Kier molecular flexibility index (Phi) is 9.34. The van der Waals surface area contributed by atoms with E-state index in [1.807, 2.05) is 0 Å². The van der Waals surface area contributed by atoms with Crippen LogP contribution in [0.15, 0.2) is 0 Å². The van der Waals surface area contributed by atoms with Crippen LogP contribution in [-0.4, -0.2) is 23.8 Å². The van der Waals surface area contributed by atoms with Crippen molar-refractivity contribution in [1.82, 2.24) is 0 Å². The van der Waals surface area contributed by atoms with Gasteiger partial charge in [0.1, 0.15) is 6.10 Å². The van der Waals surface area contributed by atoms with E-state index < -0.39 is 18.7 Å². The van der Waals surface area contributed by atoms with Gasteiger partial charge in [0, 0.05) is 0 Å². The van der Waals surface area contributed by atoms with Gasteiger partial charge < -0.3 is 15.0 Å². The predicted octanol–water partition coefficient (Wildman–Crippen LogP) is -4.73. The van der Waals surface area contributed by atoms with Gasteiger partial charge in [0.25, 0.3) is 0 Å². The molecule has 48 valence electrons. The van der Waals surface area contributed by atoms with Crippen molar-refractivity contribution in [3.05, 3.63) is 0 Å². The molecular weight excluding hydrogens is 158 g/mol. The summed E-state index contributed by atoms with van der Waals surface area (Å²) in [6.45, 7) is -0.454. The number of carboxylic acids is 1. The van der Waals surface area contributed by atoms with Crippen LogP contribution in [0.1, 0.15) is 0 Å². The molecule has 0 radical (unpaired) electrons. The molecule has 0 heterocycles. The summed E-state index contributed by atoms with van der Waals surface area (Å²) in [5.74, 6) is -1.59. The molecule has 1 N–H and O–H groups in total. The molecule has 0 saturated heterocycles. The number of hydrogen-bond donors (Lipinski definition) is 1. The number of rotatable bonds is 3. The zero-order valence-corrected chi connectivity index (χ0v) is 7.59. The zero-order valence-electron chi connectivity index (χ0n) is 4.83. The Hall–Kier alpha value is 0.680. The van der Waals surface area contributed by atoms with Crippen molar-refractivity contribution >= 4 is 17.8 Å². The minimum atomic E-state index is -1.63. The number of halogens is 1. The zero-order chi connectivity index (χ0) is 6.57. The van der Waals surface area contributed by atoms with E-state index in [0.29, 0.717) is 0 Å². The predicted molar refractivity (Wildman–Crippen MR) is 22.8 cm³/mol. The summed E-state index contributed by atoms with van der Waals surface area (Å²) in [5, 5.41) is 17.8. The number of carbonyl (C=O) groups excluding carboxylic acids is 1. The quantitative estimate of drug-likeness (QED) is 0.424. The van der Waals surface area contributed by atoms with Crippen LogP contribution in [0, 0.1) is 0 Å². The van der Waals surface area contributed by atoms with Crippen molar-refractivity contribution in [2.75, 3.05) is 6.61 Å². The van der Waals surface area contributed by atoms with Gasteiger partial charge in [-0.2, -0.15) is 0 Å². The molecule has 0 rings (SSSR count). The summed E-state index contributed by atoms with van der Waals surface area (Å²) in [6.07, 6.45) is -1.63. The minimum absolute atomic E-state index is 0. The fraction of sp³-hybridized carbons (Fsp3) is 0.667. The van der Waals surface area contributed by atoms with E-state index in [-0.39, 0.29) is 29.6 Å². The van der Waals surface area contributed by atoms with E-state index in [4.69, 9.17) is 5.11 Å². The minimum Gasteiger partial charge on any atom is -0.547 e. The molecule has 0 aliphatic carbocycles. The third-order valence-electron chi connectivity index (χ3n) is 0.493. The van der Waals surface area contributed by atoms with Gasteiger partial charge in [0.15, 0.2) is 0 Å². The maximum absolute atomic E-state index is 9.59. The van der Waals surface area contributed by atoms with Crippen LogP contribution in [0.5, 0.6) is 0 Å². The van der Waals surface area contributed by atoms with E-state index in [0.717, 1.165) is 0 Å². The molecular formula is C3H4ClNaO4. The van der Waals surface area contributed by atoms with Crippen LogP contribution >= 0.6 is 11.9 Å². The molecule has 4 nitrogen and oxygen atoms in total. The second kappa shape index (κ2) is 6.80. The number of carbonyl (C=O) groups is 1. The molecule has 0 aliphatic heterocycles. The van der Waals surface area contributed by atoms with Crippen LogP contribution in [0.3, 0.4) is 0 Å². The first-order valence-corrected chi connectivity index (χ1v) is 2.11. The SMILES string of the molecule is O=C([O-])C(O)COCl.[Na+]. The summed E-state index contributed by atoms with van der Waals surface area (Å²) in [4.78, 5) is 9.59. The van der Waals surface area contributed by atoms with Crippen LogP contribution < -0.4 is 34.7 Å². The molecule has 0 aromatic heterocycles. The first kappa shape index (κ1) is 12.4. The Morgan fingerprint density at radius 2 is 2.33 bits per heavy atom. The van der Waals surface area contributed by atoms with E-state index in [2.05, 4.69) is 16.2 Å². The first-order valence-electron chi connectivity index (χ1n) is 1.81. The van der Waals surface area contributed by atoms with E-state index in [1.165, 1.54) is 0 Å². The Bertz CT molecular complexity index is 87.9. The van der Waals surface area contributed by atoms with E-state index >= 15 is 0 Å². The number of aliphatic hydroxyl groups is 1. The summed E-state index contributed by atoms with van der Waals surface area (Å²) in [5.41, 5.74) is 0. The maximum atomic E-state index is 9.59. The fourth-order valence-corrected chi connectivity index (χ4v) is 0.247. The van der Waals surface area contributed by atoms with Crippen molar-refractivity contribution in [1.29, 1.82) is 0 Å². The molecule has 0 bridgehead atoms. The second-order valence-electron chi connectivity index (χ2n) is 1.11. The fourth-order valence-electron chi connectivity index (χ4n) is 0.128. The molecule has 0 aromatic carbocycles. The van der Waals surface area contributed by atoms with Crippen molar-refractivity contribution in [2.45, 2.75) is 6.10 Å². The van der Waals surface area contributed by atoms with Gasteiger partial charge in [-0.3, -0.25) is 4.29 Å². The van der Waals surface area contributed by atoms with Gasteiger partial charge in [-0.15, -0.1) is 0 Å². The number of aliphatic hydroxyl groups excluding tert-OH is 1. The molecule has 9 heavy (non-hydrogen) atoms. The summed E-state index contributed by atoms with van der Waals surface area (Å²) < 4.78 is 3.77. The third kappa shape index (κ3) is 6.57. The molecule has 0 saturated carbocycles. The van der Waals surface area contributed by atoms with Crippen molar-refractivity contribution in [3.63, 3.8) is 0 Å². The van der Waals surface area contributed by atoms with Crippen molar-refractivity contribution in [3.8, 4) is 0 Å². The summed E-state index contributed by atoms with van der Waals surface area (Å²) in [6, 6.07) is 0. The molecule has 0 spiro atoms. The average molecular weight is 163 g/mol. The third-order valence-corrected chi connectivity index (χ3v) is 0.619. The normalized spacial score (nSPS) is 11.8. The van der Waals surface area contributed by atoms with Gasteiger partial charge in [-0.05, 0) is 0 Å². The number of carboxylic acid groups (broad SMARTS) is 1. The topological polar surface area (TPSA) is 69.6 Å². The molecule has 0 amide bonds. The largest absolute Gasteiger partial charge is 1.00 e. The van der Waals surface area contributed by atoms with Gasteiger partial charge in [-0.25, -0.2) is 0 Å². The van der Waals surface area contributed by atoms with Crippen molar-refractivity contribution in [2.24, 2.45) is 0 Å². The van der Waals surface area contributed by atoms with E-state index in [1.54, 1.807) is 0 Å². The molecule has 1 atom stereocenters. The van der Waals surface area contributed by atoms with Crippen LogP contribution in [0.4, 0.5) is 0 Å². The van der Waals surface area contributed by atoms with Crippen molar-refractivity contribution < 1.29 is 48.9 Å². The maximum Gasteiger partial charge on any atom is 1.00 e. The van der Waals surface area contributed by atoms with E-state index in [9.17, 15) is 9.90 Å². The first-order chi connectivity index (χ1) is 3.68. The van der Waals surface area contributed by atoms with Gasteiger partial charge in [0.2, 0.25) is 0 Å². The Labute approximate surface area is 79.2 Å². The number of hydrogen-bond acceptors (Lipinski definition) is 4. The Morgan fingerprint density at radius 3 is 2.44 bits per heavy atom. The molecule has 0 aromatic rings. The molecule has 0 aliphatic rings. The molecule has 1 unspecified atom stereocenters. The Balaban J connectivity index is 0. The van der Waals surface area contributed by atoms with Gasteiger partial charge >= 0.3 is 29.6 Å². The van der Waals surface area contributed by atoms with Gasteiger partial charge in [0.05, 0.1) is 24.4 Å². The smallest absolute Gasteiger partial charge is 0.547 e. The van der Waals surface area contributed by atoms with Crippen LogP contribution in [0.2, 0.25) is 0 Å². The Morgan fingerprint density at radius 1 is 1.89 bits per heavy atom. The average Bonchev–Trinajstić information content (AvgIpc) is 1.67. The van der Waals surface area contributed by atoms with Crippen LogP contribution in [0.25, 0.3) is 0 Å².